The largest absolute Gasteiger partial charge is 0.354 e. The third-order valence-electron chi connectivity index (χ3n) is 2.59. The maximum Gasteiger partial charge on any atom is 0.223 e. The van der Waals surface area contributed by atoms with Crippen LogP contribution in [0.5, 0.6) is 0 Å². The van der Waals surface area contributed by atoms with E-state index < -0.39 is 0 Å². The van der Waals surface area contributed by atoms with Gasteiger partial charge in [-0.1, -0.05) is 12.1 Å². The molecular weight excluding hydrogens is 229 g/mol. The fourth-order valence-corrected chi connectivity index (χ4v) is 1.77. The van der Waals surface area contributed by atoms with Crippen LogP contribution in [0, 0.1) is 19.7 Å². The maximum atomic E-state index is 12.7. The van der Waals surface area contributed by atoms with Crippen LogP contribution in [0.1, 0.15) is 17.0 Å². The van der Waals surface area contributed by atoms with Gasteiger partial charge in [-0.25, -0.2) is 14.4 Å². The van der Waals surface area contributed by atoms with Crippen molar-refractivity contribution < 1.29 is 4.39 Å². The first-order valence-electron chi connectivity index (χ1n) is 5.94. The topological polar surface area (TPSA) is 37.8 Å². The Hall–Kier alpha value is -1.97. The number of rotatable bonds is 4. The molecule has 0 bridgehead atoms. The van der Waals surface area contributed by atoms with Crippen LogP contribution in [-0.2, 0) is 6.42 Å². The molecule has 0 saturated heterocycles. The molecule has 0 aliphatic heterocycles. The van der Waals surface area contributed by atoms with Crippen molar-refractivity contribution in [1.29, 1.82) is 0 Å². The molecule has 3 nitrogen and oxygen atoms in total. The van der Waals surface area contributed by atoms with Crippen molar-refractivity contribution in [2.24, 2.45) is 0 Å². The molecule has 4 heteroatoms. The average molecular weight is 245 g/mol. The lowest BCUT2D eigenvalue weighted by atomic mass is 10.1. The van der Waals surface area contributed by atoms with E-state index in [0.717, 1.165) is 29.9 Å². The summed E-state index contributed by atoms with van der Waals surface area (Å²) in [6, 6.07) is 8.47. The average Bonchev–Trinajstić information content (AvgIpc) is 2.30. The van der Waals surface area contributed by atoms with Crippen molar-refractivity contribution in [1.82, 2.24) is 9.97 Å². The van der Waals surface area contributed by atoms with Crippen molar-refractivity contribution in [3.63, 3.8) is 0 Å². The molecule has 0 unspecified atom stereocenters. The zero-order chi connectivity index (χ0) is 13.0. The summed E-state index contributed by atoms with van der Waals surface area (Å²) in [5, 5.41) is 3.17. The Labute approximate surface area is 106 Å². The van der Waals surface area contributed by atoms with Crippen molar-refractivity contribution in [2.45, 2.75) is 20.3 Å². The molecule has 0 radical (unpaired) electrons. The highest BCUT2D eigenvalue weighted by atomic mass is 19.1. The molecule has 0 saturated carbocycles. The van der Waals surface area contributed by atoms with E-state index in [1.54, 1.807) is 12.1 Å². The second-order valence-corrected chi connectivity index (χ2v) is 4.28. The Bertz CT molecular complexity index is 503. The van der Waals surface area contributed by atoms with Gasteiger partial charge in [-0.05, 0) is 44.0 Å². The van der Waals surface area contributed by atoms with E-state index in [2.05, 4.69) is 15.3 Å². The van der Waals surface area contributed by atoms with Crippen LogP contribution < -0.4 is 5.32 Å². The summed E-state index contributed by atoms with van der Waals surface area (Å²) < 4.78 is 12.7. The molecule has 18 heavy (non-hydrogen) atoms. The number of halogens is 1. The van der Waals surface area contributed by atoms with Gasteiger partial charge in [0.05, 0.1) is 0 Å². The molecule has 2 aromatic rings. The zero-order valence-corrected chi connectivity index (χ0v) is 10.6. The maximum absolute atomic E-state index is 12.7. The minimum atomic E-state index is -0.204. The minimum absolute atomic E-state index is 0.204. The van der Waals surface area contributed by atoms with Gasteiger partial charge in [0.15, 0.2) is 0 Å². The highest BCUT2D eigenvalue weighted by molar-refractivity contribution is 5.28. The van der Waals surface area contributed by atoms with E-state index in [-0.39, 0.29) is 5.82 Å². The molecule has 0 atom stereocenters. The quantitative estimate of drug-likeness (QED) is 0.900. The van der Waals surface area contributed by atoms with Gasteiger partial charge >= 0.3 is 0 Å². The summed E-state index contributed by atoms with van der Waals surface area (Å²) in [6.45, 7) is 4.62. The highest BCUT2D eigenvalue weighted by Gasteiger charge is 1.99. The van der Waals surface area contributed by atoms with Gasteiger partial charge in [-0.15, -0.1) is 0 Å². The summed E-state index contributed by atoms with van der Waals surface area (Å²) in [4.78, 5) is 8.59. The predicted octanol–water partition coefficient (Wildman–Crippen LogP) is 2.89. The fourth-order valence-electron chi connectivity index (χ4n) is 1.77. The summed E-state index contributed by atoms with van der Waals surface area (Å²) in [6.07, 6.45) is 0.816. The molecule has 0 fully saturated rings. The normalized spacial score (nSPS) is 10.4. The van der Waals surface area contributed by atoms with E-state index in [0.29, 0.717) is 5.95 Å². The fraction of sp³-hybridized carbons (Fsp3) is 0.286. The van der Waals surface area contributed by atoms with Gasteiger partial charge in [-0.2, -0.15) is 0 Å². The summed E-state index contributed by atoms with van der Waals surface area (Å²) in [7, 11) is 0. The van der Waals surface area contributed by atoms with Gasteiger partial charge in [0, 0.05) is 17.9 Å². The van der Waals surface area contributed by atoms with Crippen LogP contribution in [0.4, 0.5) is 10.3 Å². The molecular formula is C14H16FN3. The Balaban J connectivity index is 1.90. The number of hydrogen-bond donors (Lipinski definition) is 1. The number of aromatic nitrogens is 2. The number of hydrogen-bond acceptors (Lipinski definition) is 3. The van der Waals surface area contributed by atoms with Gasteiger partial charge < -0.3 is 5.32 Å². The second-order valence-electron chi connectivity index (χ2n) is 4.28. The molecule has 1 N–H and O–H groups in total. The van der Waals surface area contributed by atoms with Crippen molar-refractivity contribution in [3.05, 3.63) is 53.1 Å². The van der Waals surface area contributed by atoms with Gasteiger partial charge in [0.1, 0.15) is 5.82 Å². The molecule has 0 aliphatic carbocycles. The number of anilines is 1. The van der Waals surface area contributed by atoms with E-state index in [9.17, 15) is 4.39 Å². The SMILES string of the molecule is Cc1cc(C)nc(NCCc2ccc(F)cc2)n1. The Morgan fingerprint density at radius 2 is 1.67 bits per heavy atom. The standard InChI is InChI=1S/C14H16FN3/c1-10-9-11(2)18-14(17-10)16-8-7-12-3-5-13(15)6-4-12/h3-6,9H,7-8H2,1-2H3,(H,16,17,18). The van der Waals surface area contributed by atoms with Crippen LogP contribution in [-0.4, -0.2) is 16.5 Å². The summed E-state index contributed by atoms with van der Waals surface area (Å²) >= 11 is 0. The molecule has 0 amide bonds. The number of nitrogens with zero attached hydrogens (tertiary/aromatic N) is 2. The van der Waals surface area contributed by atoms with Crippen LogP contribution in [0.2, 0.25) is 0 Å². The van der Waals surface area contributed by atoms with Crippen LogP contribution >= 0.6 is 0 Å². The lowest BCUT2D eigenvalue weighted by molar-refractivity contribution is 0.627. The molecule has 1 aromatic carbocycles. The number of aryl methyl sites for hydroxylation is 2. The zero-order valence-electron chi connectivity index (χ0n) is 10.6. The van der Waals surface area contributed by atoms with Crippen molar-refractivity contribution in [3.8, 4) is 0 Å². The number of benzene rings is 1. The summed E-state index contributed by atoms with van der Waals surface area (Å²) in [5.41, 5.74) is 2.99. The third kappa shape index (κ3) is 3.52. The van der Waals surface area contributed by atoms with Crippen molar-refractivity contribution in [2.75, 3.05) is 11.9 Å². The van der Waals surface area contributed by atoms with E-state index in [1.807, 2.05) is 19.9 Å². The second kappa shape index (κ2) is 5.58. The first kappa shape index (κ1) is 12.5. The lowest BCUT2D eigenvalue weighted by Gasteiger charge is -2.06. The van der Waals surface area contributed by atoms with Gasteiger partial charge in [-0.3, -0.25) is 0 Å². The van der Waals surface area contributed by atoms with Gasteiger partial charge in [0.25, 0.3) is 0 Å². The molecule has 0 aliphatic rings. The summed E-state index contributed by atoms with van der Waals surface area (Å²) in [5.74, 6) is 0.443. The van der Waals surface area contributed by atoms with Crippen LogP contribution in [0.15, 0.2) is 30.3 Å². The van der Waals surface area contributed by atoms with Crippen LogP contribution in [0.3, 0.4) is 0 Å². The van der Waals surface area contributed by atoms with E-state index >= 15 is 0 Å². The smallest absolute Gasteiger partial charge is 0.223 e. The Morgan fingerprint density at radius 3 is 2.28 bits per heavy atom. The molecule has 94 valence electrons. The predicted molar refractivity (Wildman–Crippen MR) is 70.1 cm³/mol. The highest BCUT2D eigenvalue weighted by Crippen LogP contribution is 2.06. The molecule has 1 heterocycles. The Morgan fingerprint density at radius 1 is 1.06 bits per heavy atom. The van der Waals surface area contributed by atoms with Crippen LogP contribution in [0.25, 0.3) is 0 Å². The molecule has 1 aromatic heterocycles. The monoisotopic (exact) mass is 245 g/mol. The van der Waals surface area contributed by atoms with E-state index in [1.165, 1.54) is 12.1 Å². The van der Waals surface area contributed by atoms with Gasteiger partial charge in [0.2, 0.25) is 5.95 Å². The number of nitrogens with one attached hydrogen (secondary N) is 1. The third-order valence-corrected chi connectivity index (χ3v) is 2.59. The minimum Gasteiger partial charge on any atom is -0.354 e. The van der Waals surface area contributed by atoms with Crippen molar-refractivity contribution >= 4 is 5.95 Å². The Kier molecular flexibility index (Phi) is 3.87. The molecule has 2 rings (SSSR count). The lowest BCUT2D eigenvalue weighted by Crippen LogP contribution is -2.09. The first-order valence-corrected chi connectivity index (χ1v) is 5.94. The van der Waals surface area contributed by atoms with E-state index in [4.69, 9.17) is 0 Å². The molecule has 0 spiro atoms. The first-order chi connectivity index (χ1) is 8.63.